The van der Waals surface area contributed by atoms with Gasteiger partial charge in [-0.05, 0) is 39.8 Å². The van der Waals surface area contributed by atoms with Crippen LogP contribution in [0.25, 0.3) is 11.1 Å². The van der Waals surface area contributed by atoms with Crippen LogP contribution in [0.4, 0.5) is 4.79 Å². The second-order valence-corrected chi connectivity index (χ2v) is 12.7. The van der Waals surface area contributed by atoms with Crippen LogP contribution >= 0.6 is 0 Å². The molecule has 54 heavy (non-hydrogen) atoms. The van der Waals surface area contributed by atoms with Crippen molar-refractivity contribution in [3.63, 3.8) is 0 Å². The first-order chi connectivity index (χ1) is 26.3. The van der Waals surface area contributed by atoms with E-state index in [1.807, 2.05) is 109 Å². The van der Waals surface area contributed by atoms with Gasteiger partial charge in [-0.2, -0.15) is 0 Å². The number of amides is 3. The van der Waals surface area contributed by atoms with Crippen LogP contribution in [0.15, 0.2) is 109 Å². The summed E-state index contributed by atoms with van der Waals surface area (Å²) >= 11 is 0. The first-order valence-corrected chi connectivity index (χ1v) is 17.8. The van der Waals surface area contributed by atoms with Crippen LogP contribution in [0.5, 0.6) is 0 Å². The predicted molar refractivity (Wildman–Crippen MR) is 199 cm³/mol. The van der Waals surface area contributed by atoms with E-state index in [1.165, 1.54) is 0 Å². The number of rotatable bonds is 20. The van der Waals surface area contributed by atoms with Gasteiger partial charge in [0.25, 0.3) is 0 Å². The van der Waals surface area contributed by atoms with Gasteiger partial charge in [-0.25, -0.2) is 9.59 Å². The van der Waals surface area contributed by atoms with Gasteiger partial charge in [-0.1, -0.05) is 109 Å². The highest BCUT2D eigenvalue weighted by Gasteiger charge is 2.29. The van der Waals surface area contributed by atoms with E-state index >= 15 is 0 Å². The van der Waals surface area contributed by atoms with Crippen LogP contribution in [0, 0.1) is 0 Å². The van der Waals surface area contributed by atoms with Gasteiger partial charge in [0.05, 0.1) is 12.6 Å². The van der Waals surface area contributed by atoms with Crippen molar-refractivity contribution in [2.45, 2.75) is 50.7 Å². The van der Waals surface area contributed by atoms with Gasteiger partial charge in [0, 0.05) is 31.6 Å². The minimum absolute atomic E-state index is 0.106. The number of alkyl carbamates (subject to hydrolysis) is 1. The number of nitrogens with one attached hydrogen (secondary N) is 3. The van der Waals surface area contributed by atoms with Crippen molar-refractivity contribution >= 4 is 35.4 Å². The number of ketones is 2. The van der Waals surface area contributed by atoms with Crippen molar-refractivity contribution in [1.82, 2.24) is 16.0 Å². The Morgan fingerprint density at radius 3 is 1.87 bits per heavy atom. The minimum Gasteiger partial charge on any atom is -0.459 e. The molecule has 3 N–H and O–H groups in total. The molecule has 0 fully saturated rings. The lowest BCUT2D eigenvalue weighted by Crippen LogP contribution is -2.43. The molecule has 1 atom stereocenters. The largest absolute Gasteiger partial charge is 0.459 e. The molecule has 12 nitrogen and oxygen atoms in total. The molecule has 0 aromatic heterocycles. The number of benzene rings is 4. The number of hydrogen-bond donors (Lipinski definition) is 3. The van der Waals surface area contributed by atoms with Crippen molar-refractivity contribution in [2.75, 3.05) is 26.5 Å². The molecule has 0 unspecified atom stereocenters. The van der Waals surface area contributed by atoms with E-state index in [2.05, 4.69) is 16.0 Å². The van der Waals surface area contributed by atoms with Gasteiger partial charge in [-0.15, -0.1) is 0 Å². The first kappa shape index (κ1) is 39.1. The van der Waals surface area contributed by atoms with Gasteiger partial charge in [-0.3, -0.25) is 19.2 Å². The van der Waals surface area contributed by atoms with Gasteiger partial charge < -0.3 is 30.2 Å². The highest BCUT2D eigenvalue weighted by atomic mass is 16.6. The van der Waals surface area contributed by atoms with Gasteiger partial charge in [0.15, 0.2) is 11.6 Å². The van der Waals surface area contributed by atoms with E-state index in [0.717, 1.165) is 33.4 Å². The molecule has 0 radical (unpaired) electrons. The van der Waals surface area contributed by atoms with Crippen molar-refractivity contribution in [3.8, 4) is 11.1 Å². The summed E-state index contributed by atoms with van der Waals surface area (Å²) in [5.74, 6) is -2.44. The fourth-order valence-corrected chi connectivity index (χ4v) is 6.07. The minimum atomic E-state index is -0.933. The molecule has 280 valence electrons. The van der Waals surface area contributed by atoms with Crippen LogP contribution in [-0.4, -0.2) is 68.0 Å². The summed E-state index contributed by atoms with van der Waals surface area (Å²) in [5.41, 5.74) is 5.98. The molecule has 1 aliphatic rings. The summed E-state index contributed by atoms with van der Waals surface area (Å²) in [6, 6.07) is 33.3. The molecule has 0 saturated heterocycles. The van der Waals surface area contributed by atoms with E-state index in [4.69, 9.17) is 14.2 Å². The lowest BCUT2D eigenvalue weighted by atomic mass is 9.98. The van der Waals surface area contributed by atoms with Crippen LogP contribution in [-0.2, 0) is 51.2 Å². The molecule has 0 spiro atoms. The Hall–Kier alpha value is -6.14. The number of carbonyl (C=O) groups is 6. The normalized spacial score (nSPS) is 12.1. The molecule has 1 aliphatic carbocycles. The highest BCUT2D eigenvalue weighted by molar-refractivity contribution is 5.93. The third-order valence-electron chi connectivity index (χ3n) is 8.84. The maximum atomic E-state index is 13.2. The van der Waals surface area contributed by atoms with Crippen LogP contribution in [0.2, 0.25) is 0 Å². The molecule has 0 saturated carbocycles. The smallest absolute Gasteiger partial charge is 0.407 e. The molecule has 0 bridgehead atoms. The zero-order valence-corrected chi connectivity index (χ0v) is 29.8. The average Bonchev–Trinajstić information content (AvgIpc) is 3.52. The fraction of sp³-hybridized carbons (Fsp3) is 0.286. The molecule has 12 heteroatoms. The first-order valence-electron chi connectivity index (χ1n) is 17.8. The summed E-state index contributed by atoms with van der Waals surface area (Å²) in [6.45, 7) is -0.707. The average molecular weight is 734 g/mol. The third kappa shape index (κ3) is 12.0. The van der Waals surface area contributed by atoms with Gasteiger partial charge >= 0.3 is 12.1 Å². The second kappa shape index (κ2) is 20.2. The zero-order chi connectivity index (χ0) is 38.1. The molecule has 0 heterocycles. The fourth-order valence-electron chi connectivity index (χ4n) is 6.07. The molecular formula is C42H43N3O9. The molecule has 4 aromatic rings. The number of carbonyl (C=O) groups excluding carboxylic acids is 6. The predicted octanol–water partition coefficient (Wildman–Crippen LogP) is 4.78. The third-order valence-corrected chi connectivity index (χ3v) is 8.84. The number of ether oxygens (including phenoxy) is 3. The zero-order valence-electron chi connectivity index (χ0n) is 29.8. The summed E-state index contributed by atoms with van der Waals surface area (Å²) in [7, 11) is 0. The Morgan fingerprint density at radius 1 is 0.611 bits per heavy atom. The topological polar surface area (TPSA) is 166 Å². The molecule has 4 aromatic carbocycles. The van der Waals surface area contributed by atoms with Crippen molar-refractivity contribution < 1.29 is 43.0 Å². The van der Waals surface area contributed by atoms with Crippen molar-refractivity contribution in [3.05, 3.63) is 131 Å². The van der Waals surface area contributed by atoms with E-state index in [1.54, 1.807) is 0 Å². The number of fused-ring (bicyclic) bond motifs is 3. The monoisotopic (exact) mass is 733 g/mol. The van der Waals surface area contributed by atoms with Crippen LogP contribution in [0.3, 0.4) is 0 Å². The number of Topliss-reactive ketones (excluding diaryl/α,β-unsaturated/α-hetero) is 2. The van der Waals surface area contributed by atoms with Crippen molar-refractivity contribution in [2.24, 2.45) is 0 Å². The summed E-state index contributed by atoms with van der Waals surface area (Å²) in [6.07, 6.45) is -1.23. The molecular weight excluding hydrogens is 690 g/mol. The maximum Gasteiger partial charge on any atom is 0.407 e. The van der Waals surface area contributed by atoms with Crippen LogP contribution in [0.1, 0.15) is 53.9 Å². The molecule has 0 aliphatic heterocycles. The standard InChI is InChI=1S/C42H43N3O9/c46-31(24-43-42(51)54-26-36-34-17-9-7-15-32(34)33-16-8-10-18-35(33)36)19-21-40(49)45-37(23-29-11-3-1-4-12-29)38(47)20-22-39(48)44-28-52-27-41(50)53-25-30-13-5-2-6-14-30/h1-18,36-37H,19-28H2,(H,43,51)(H,44,48)(H,45,49)/t37-/m0/s1. The van der Waals surface area contributed by atoms with Crippen molar-refractivity contribution in [1.29, 1.82) is 0 Å². The highest BCUT2D eigenvalue weighted by Crippen LogP contribution is 2.44. The summed E-state index contributed by atoms with van der Waals surface area (Å²) in [5, 5.41) is 7.67. The number of esters is 1. The Balaban J connectivity index is 0.999. The Kier molecular flexibility index (Phi) is 14.6. The van der Waals surface area contributed by atoms with Crippen LogP contribution < -0.4 is 16.0 Å². The second-order valence-electron chi connectivity index (χ2n) is 12.7. The summed E-state index contributed by atoms with van der Waals surface area (Å²) in [4.78, 5) is 75.4. The Morgan fingerprint density at radius 2 is 1.20 bits per heavy atom. The number of hydrogen-bond acceptors (Lipinski definition) is 9. The maximum absolute atomic E-state index is 13.2. The van der Waals surface area contributed by atoms with E-state index in [-0.39, 0.29) is 82.7 Å². The van der Waals surface area contributed by atoms with E-state index < -0.39 is 29.9 Å². The van der Waals surface area contributed by atoms with Gasteiger partial charge in [0.1, 0.15) is 26.6 Å². The lowest BCUT2D eigenvalue weighted by Gasteiger charge is -2.18. The lowest BCUT2D eigenvalue weighted by molar-refractivity contribution is -0.151. The van der Waals surface area contributed by atoms with Gasteiger partial charge in [0.2, 0.25) is 11.8 Å². The molecule has 3 amide bonds. The SMILES string of the molecule is O=C(CCC(=O)N[C@@H](Cc1ccccc1)C(=O)CCC(=O)NCOCC(=O)OCc1ccccc1)CNC(=O)OCC1c2ccccc2-c2ccccc21. The Labute approximate surface area is 313 Å². The Bertz CT molecular complexity index is 1870. The summed E-state index contributed by atoms with van der Waals surface area (Å²) < 4.78 is 15.8. The van der Waals surface area contributed by atoms with E-state index in [0.29, 0.717) is 0 Å². The quantitative estimate of drug-likeness (QED) is 0.0658. The van der Waals surface area contributed by atoms with E-state index in [9.17, 15) is 28.8 Å². The molecule has 5 rings (SSSR count).